The van der Waals surface area contributed by atoms with Crippen molar-refractivity contribution in [2.75, 3.05) is 26.8 Å². The molecule has 0 bridgehead atoms. The van der Waals surface area contributed by atoms with E-state index >= 15 is 0 Å². The van der Waals surface area contributed by atoms with Crippen molar-refractivity contribution in [1.29, 1.82) is 0 Å². The predicted molar refractivity (Wildman–Crippen MR) is 167 cm³/mol. The molecule has 0 atom stereocenters. The fourth-order valence-electron chi connectivity index (χ4n) is 5.28. The van der Waals surface area contributed by atoms with Gasteiger partial charge in [-0.2, -0.15) is 0 Å². The number of methoxy groups -OCH3 is 1. The third-order valence-corrected chi connectivity index (χ3v) is 8.94. The first-order valence-corrected chi connectivity index (χ1v) is 15.8. The zero-order valence-corrected chi connectivity index (χ0v) is 26.5. The van der Waals surface area contributed by atoms with Gasteiger partial charge in [0.05, 0.1) is 30.9 Å². The summed E-state index contributed by atoms with van der Waals surface area (Å²) in [7, 11) is -2.87. The van der Waals surface area contributed by atoms with Crippen molar-refractivity contribution in [1.82, 2.24) is 13.9 Å². The maximum Gasteiger partial charge on any atom is 0.410 e. The Bertz CT molecular complexity index is 1910. The van der Waals surface area contributed by atoms with Crippen LogP contribution in [0.4, 0.5) is 9.18 Å². The lowest BCUT2D eigenvalue weighted by Crippen LogP contribution is -2.41. The lowest BCUT2D eigenvalue weighted by atomic mass is 9.96. The summed E-state index contributed by atoms with van der Waals surface area (Å²) in [6, 6.07) is 15.1. The van der Waals surface area contributed by atoms with Gasteiger partial charge in [-0.1, -0.05) is 18.2 Å². The summed E-state index contributed by atoms with van der Waals surface area (Å²) in [6.45, 7) is 7.02. The highest BCUT2D eigenvalue weighted by molar-refractivity contribution is 7.90. The maximum absolute atomic E-state index is 14.5. The number of carbonyl (C=O) groups excluding carboxylic acids is 2. The Morgan fingerprint density at radius 3 is 2.42 bits per heavy atom. The summed E-state index contributed by atoms with van der Waals surface area (Å²) >= 11 is 0. The summed E-state index contributed by atoms with van der Waals surface area (Å²) in [4.78, 5) is 32.4. The van der Waals surface area contributed by atoms with E-state index in [4.69, 9.17) is 14.2 Å². The van der Waals surface area contributed by atoms with Gasteiger partial charge in [0.2, 0.25) is 0 Å². The first kappa shape index (κ1) is 31.7. The van der Waals surface area contributed by atoms with E-state index in [1.807, 2.05) is 0 Å². The quantitative estimate of drug-likeness (QED) is 0.226. The molecule has 0 saturated carbocycles. The molecule has 4 aromatic rings. The number of halogens is 1. The molecule has 0 aliphatic carbocycles. The average Bonchev–Trinajstić information content (AvgIpc) is 3.41. The van der Waals surface area contributed by atoms with E-state index in [2.05, 4.69) is 4.98 Å². The highest BCUT2D eigenvalue weighted by Gasteiger charge is 2.35. The number of amides is 1. The molecule has 1 aliphatic rings. The highest BCUT2D eigenvalue weighted by atomic mass is 32.2. The standard InChI is InChI=1S/C33H34FN3O7S/c1-6-43-31(38)24-15-17-36(32(39)44-33(2,3)4)20-27(24)28-19-26-23(25-18-21(34)12-13-29(25)42-5)14-16-35-30(26)37(28)45(40,41)22-10-8-7-9-11-22/h7-14,16,18-19H,6,15,17,20H2,1-5H3. The fourth-order valence-corrected chi connectivity index (χ4v) is 6.78. The minimum Gasteiger partial charge on any atom is -0.496 e. The van der Waals surface area contributed by atoms with Crippen molar-refractivity contribution in [3.05, 3.63) is 83.9 Å². The number of aromatic nitrogens is 2. The number of esters is 1. The molecular formula is C33H34FN3O7S. The lowest BCUT2D eigenvalue weighted by Gasteiger charge is -2.32. The lowest BCUT2D eigenvalue weighted by molar-refractivity contribution is -0.138. The Morgan fingerprint density at radius 1 is 1.02 bits per heavy atom. The van der Waals surface area contributed by atoms with Gasteiger partial charge in [0.1, 0.15) is 17.2 Å². The summed E-state index contributed by atoms with van der Waals surface area (Å²) in [5.41, 5.74) is 0.705. The first-order valence-electron chi connectivity index (χ1n) is 14.4. The van der Waals surface area contributed by atoms with Crippen LogP contribution in [0, 0.1) is 5.82 Å². The van der Waals surface area contributed by atoms with E-state index < -0.39 is 33.5 Å². The van der Waals surface area contributed by atoms with Gasteiger partial charge in [-0.25, -0.2) is 31.4 Å². The van der Waals surface area contributed by atoms with Crippen LogP contribution in [-0.2, 0) is 24.3 Å². The van der Waals surface area contributed by atoms with E-state index in [1.165, 1.54) is 48.5 Å². The zero-order chi connectivity index (χ0) is 32.5. The molecule has 2 aromatic carbocycles. The Kier molecular flexibility index (Phi) is 8.70. The van der Waals surface area contributed by atoms with Crippen LogP contribution in [0.5, 0.6) is 5.75 Å². The molecule has 0 radical (unpaired) electrons. The topological polar surface area (TPSA) is 117 Å². The largest absolute Gasteiger partial charge is 0.496 e. The molecule has 5 rings (SSSR count). The first-order chi connectivity index (χ1) is 21.4. The number of pyridine rings is 1. The summed E-state index contributed by atoms with van der Waals surface area (Å²) in [6.07, 6.45) is 0.912. The van der Waals surface area contributed by atoms with E-state index in [9.17, 15) is 22.4 Å². The molecule has 1 aliphatic heterocycles. The third kappa shape index (κ3) is 6.28. The molecule has 0 N–H and O–H groups in total. The van der Waals surface area contributed by atoms with Crippen LogP contribution < -0.4 is 4.74 Å². The van der Waals surface area contributed by atoms with Gasteiger partial charge in [-0.15, -0.1) is 0 Å². The van der Waals surface area contributed by atoms with Crippen LogP contribution in [0.25, 0.3) is 27.7 Å². The molecule has 1 amide bonds. The van der Waals surface area contributed by atoms with Gasteiger partial charge >= 0.3 is 12.1 Å². The molecule has 0 fully saturated rings. The molecule has 236 valence electrons. The number of benzene rings is 2. The molecule has 2 aromatic heterocycles. The predicted octanol–water partition coefficient (Wildman–Crippen LogP) is 6.05. The molecule has 45 heavy (non-hydrogen) atoms. The van der Waals surface area contributed by atoms with Gasteiger partial charge in [-0.05, 0) is 82.1 Å². The highest BCUT2D eigenvalue weighted by Crippen LogP contribution is 2.40. The van der Waals surface area contributed by atoms with Crippen molar-refractivity contribution >= 4 is 38.7 Å². The van der Waals surface area contributed by atoms with Gasteiger partial charge in [0.15, 0.2) is 5.65 Å². The van der Waals surface area contributed by atoms with Gasteiger partial charge < -0.3 is 19.1 Å². The van der Waals surface area contributed by atoms with Crippen molar-refractivity contribution in [3.8, 4) is 16.9 Å². The van der Waals surface area contributed by atoms with Gasteiger partial charge in [-0.3, -0.25) is 0 Å². The second-order valence-corrected chi connectivity index (χ2v) is 13.2. The van der Waals surface area contributed by atoms with E-state index in [0.717, 1.165) is 3.97 Å². The number of ether oxygens (including phenoxy) is 3. The molecule has 0 spiro atoms. The number of nitrogens with zero attached hydrogens (tertiary/aromatic N) is 3. The molecular weight excluding hydrogens is 601 g/mol. The molecule has 10 nitrogen and oxygen atoms in total. The Morgan fingerprint density at radius 2 is 1.76 bits per heavy atom. The van der Waals surface area contributed by atoms with E-state index in [-0.39, 0.29) is 53.5 Å². The van der Waals surface area contributed by atoms with Crippen LogP contribution in [0.3, 0.4) is 0 Å². The molecule has 0 saturated heterocycles. The second kappa shape index (κ2) is 12.4. The number of fused-ring (bicyclic) bond motifs is 1. The number of carbonyl (C=O) groups is 2. The number of rotatable bonds is 7. The monoisotopic (exact) mass is 635 g/mol. The van der Waals surface area contributed by atoms with Crippen LogP contribution in [0.1, 0.15) is 39.8 Å². The minimum absolute atomic E-state index is 0.0163. The smallest absolute Gasteiger partial charge is 0.410 e. The van der Waals surface area contributed by atoms with E-state index in [1.54, 1.807) is 58.0 Å². The fraction of sp³-hybridized carbons (Fsp3) is 0.303. The van der Waals surface area contributed by atoms with E-state index in [0.29, 0.717) is 22.3 Å². The summed E-state index contributed by atoms with van der Waals surface area (Å²) in [5, 5.41) is 0.362. The summed E-state index contributed by atoms with van der Waals surface area (Å²) in [5.74, 6) is -0.769. The van der Waals surface area contributed by atoms with Crippen molar-refractivity contribution in [3.63, 3.8) is 0 Å². The third-order valence-electron chi connectivity index (χ3n) is 7.22. The minimum atomic E-state index is -4.33. The Hall–Kier alpha value is -4.71. The maximum atomic E-state index is 14.5. The van der Waals surface area contributed by atoms with Crippen molar-refractivity contribution < 1.29 is 36.6 Å². The van der Waals surface area contributed by atoms with Crippen LogP contribution >= 0.6 is 0 Å². The molecule has 3 heterocycles. The number of hydrogen-bond donors (Lipinski definition) is 0. The van der Waals surface area contributed by atoms with Crippen molar-refractivity contribution in [2.24, 2.45) is 0 Å². The normalized spacial score (nSPS) is 14.0. The van der Waals surface area contributed by atoms with Crippen LogP contribution in [0.15, 0.2) is 77.3 Å². The summed E-state index contributed by atoms with van der Waals surface area (Å²) < 4.78 is 60.9. The second-order valence-electron chi connectivity index (χ2n) is 11.4. The Balaban J connectivity index is 1.83. The van der Waals surface area contributed by atoms with Crippen LogP contribution in [-0.4, -0.2) is 66.7 Å². The van der Waals surface area contributed by atoms with Crippen LogP contribution in [0.2, 0.25) is 0 Å². The average molecular weight is 636 g/mol. The SMILES string of the molecule is CCOC(=O)C1=C(c2cc3c(-c4cc(F)ccc4OC)ccnc3n2S(=O)(=O)c2ccccc2)CN(C(=O)OC(C)(C)C)CC1. The molecule has 12 heteroatoms. The van der Waals surface area contributed by atoms with Crippen molar-refractivity contribution in [2.45, 2.75) is 44.6 Å². The number of hydrogen-bond acceptors (Lipinski definition) is 8. The molecule has 0 unspecified atom stereocenters. The Labute approximate surface area is 261 Å². The van der Waals surface area contributed by atoms with Gasteiger partial charge in [0, 0.05) is 34.8 Å². The van der Waals surface area contributed by atoms with Gasteiger partial charge in [0.25, 0.3) is 10.0 Å². The zero-order valence-electron chi connectivity index (χ0n) is 25.7.